The Hall–Kier alpha value is -2.96. The van der Waals surface area contributed by atoms with Crippen LogP contribution in [-0.2, 0) is 9.53 Å². The SMILES string of the molecule is CC(=O)c1c[nH]c(C(=O)OCC(=O)Nc2ccccc2F)c1. The zero-order valence-corrected chi connectivity index (χ0v) is 11.7. The minimum Gasteiger partial charge on any atom is -0.451 e. The number of ketones is 1. The lowest BCUT2D eigenvalue weighted by molar-refractivity contribution is -0.119. The summed E-state index contributed by atoms with van der Waals surface area (Å²) in [6.45, 7) is 0.793. The fourth-order valence-corrected chi connectivity index (χ4v) is 1.67. The van der Waals surface area contributed by atoms with Crippen molar-refractivity contribution in [2.24, 2.45) is 0 Å². The van der Waals surface area contributed by atoms with Gasteiger partial charge in [-0.05, 0) is 25.1 Å². The molecule has 1 heterocycles. The van der Waals surface area contributed by atoms with Crippen LogP contribution in [0.5, 0.6) is 0 Å². The Morgan fingerprint density at radius 1 is 1.27 bits per heavy atom. The van der Waals surface area contributed by atoms with E-state index in [2.05, 4.69) is 10.3 Å². The van der Waals surface area contributed by atoms with Crippen LogP contribution in [-0.4, -0.2) is 29.3 Å². The van der Waals surface area contributed by atoms with E-state index in [-0.39, 0.29) is 17.2 Å². The number of nitrogens with one attached hydrogen (secondary N) is 2. The van der Waals surface area contributed by atoms with Crippen molar-refractivity contribution in [1.29, 1.82) is 0 Å². The highest BCUT2D eigenvalue weighted by molar-refractivity contribution is 5.98. The Kier molecular flexibility index (Phi) is 4.67. The van der Waals surface area contributed by atoms with Gasteiger partial charge >= 0.3 is 5.97 Å². The van der Waals surface area contributed by atoms with Crippen molar-refractivity contribution in [2.75, 3.05) is 11.9 Å². The number of hydrogen-bond acceptors (Lipinski definition) is 4. The molecular formula is C15H13FN2O4. The lowest BCUT2D eigenvalue weighted by atomic mass is 10.2. The first-order chi connectivity index (χ1) is 10.5. The first-order valence-electron chi connectivity index (χ1n) is 6.38. The number of rotatable bonds is 5. The van der Waals surface area contributed by atoms with Gasteiger partial charge in [0.05, 0.1) is 5.69 Å². The molecule has 0 spiro atoms. The maximum Gasteiger partial charge on any atom is 0.355 e. The largest absolute Gasteiger partial charge is 0.451 e. The van der Waals surface area contributed by atoms with E-state index in [9.17, 15) is 18.8 Å². The van der Waals surface area contributed by atoms with Crippen LogP contribution in [0, 0.1) is 5.82 Å². The summed E-state index contributed by atoms with van der Waals surface area (Å²) in [5.41, 5.74) is 0.397. The molecule has 0 aliphatic carbocycles. The molecule has 114 valence electrons. The maximum absolute atomic E-state index is 13.3. The van der Waals surface area contributed by atoms with Gasteiger partial charge in [-0.1, -0.05) is 12.1 Å². The molecule has 0 aliphatic heterocycles. The molecule has 0 saturated heterocycles. The molecule has 7 heteroatoms. The molecule has 0 aliphatic rings. The molecule has 2 aromatic rings. The number of esters is 1. The van der Waals surface area contributed by atoms with E-state index in [1.54, 1.807) is 6.07 Å². The molecule has 0 fully saturated rings. The summed E-state index contributed by atoms with van der Waals surface area (Å²) in [4.78, 5) is 37.0. The van der Waals surface area contributed by atoms with E-state index >= 15 is 0 Å². The van der Waals surface area contributed by atoms with Crippen LogP contribution in [0.25, 0.3) is 0 Å². The summed E-state index contributed by atoms with van der Waals surface area (Å²) in [6.07, 6.45) is 1.37. The topological polar surface area (TPSA) is 88.3 Å². The molecule has 0 unspecified atom stereocenters. The molecule has 6 nitrogen and oxygen atoms in total. The third-order valence-corrected chi connectivity index (χ3v) is 2.79. The summed E-state index contributed by atoms with van der Waals surface area (Å²) in [5.74, 6) is -2.24. The molecule has 0 radical (unpaired) electrons. The zero-order chi connectivity index (χ0) is 16.1. The second-order valence-electron chi connectivity index (χ2n) is 4.46. The van der Waals surface area contributed by atoms with E-state index in [1.807, 2.05) is 0 Å². The number of carbonyl (C=O) groups excluding carboxylic acids is 3. The van der Waals surface area contributed by atoms with E-state index < -0.39 is 24.3 Å². The fourth-order valence-electron chi connectivity index (χ4n) is 1.67. The average Bonchev–Trinajstić information content (AvgIpc) is 2.97. The Labute approximate surface area is 125 Å². The van der Waals surface area contributed by atoms with Gasteiger partial charge in [0, 0.05) is 11.8 Å². The third kappa shape index (κ3) is 3.78. The van der Waals surface area contributed by atoms with Crippen molar-refractivity contribution in [3.05, 3.63) is 53.6 Å². The Morgan fingerprint density at radius 3 is 2.64 bits per heavy atom. The van der Waals surface area contributed by atoms with Gasteiger partial charge < -0.3 is 15.0 Å². The highest BCUT2D eigenvalue weighted by atomic mass is 19.1. The van der Waals surface area contributed by atoms with Crippen molar-refractivity contribution in [3.8, 4) is 0 Å². The van der Waals surface area contributed by atoms with Crippen LogP contribution in [0.1, 0.15) is 27.8 Å². The normalized spacial score (nSPS) is 10.1. The van der Waals surface area contributed by atoms with Crippen molar-refractivity contribution in [2.45, 2.75) is 6.92 Å². The van der Waals surface area contributed by atoms with Gasteiger partial charge in [-0.25, -0.2) is 9.18 Å². The number of aromatic nitrogens is 1. The van der Waals surface area contributed by atoms with Crippen molar-refractivity contribution < 1.29 is 23.5 Å². The Morgan fingerprint density at radius 2 is 2.00 bits per heavy atom. The van der Waals surface area contributed by atoms with Crippen LogP contribution >= 0.6 is 0 Å². The minimum absolute atomic E-state index is 0.00212. The average molecular weight is 304 g/mol. The van der Waals surface area contributed by atoms with E-state index in [0.717, 1.165) is 0 Å². The highest BCUT2D eigenvalue weighted by Gasteiger charge is 2.14. The van der Waals surface area contributed by atoms with Gasteiger partial charge in [0.25, 0.3) is 5.91 Å². The number of Topliss-reactive ketones (excluding diaryl/α,β-unsaturated/α-hetero) is 1. The molecule has 1 aromatic carbocycles. The quantitative estimate of drug-likeness (QED) is 0.654. The van der Waals surface area contributed by atoms with Crippen LogP contribution in [0.15, 0.2) is 36.5 Å². The van der Waals surface area contributed by atoms with E-state index in [1.165, 1.54) is 37.4 Å². The molecule has 0 atom stereocenters. The Bertz CT molecular complexity index is 724. The standard InChI is InChI=1S/C15H13FN2O4/c1-9(19)10-6-13(17-7-10)15(21)22-8-14(20)18-12-5-3-2-4-11(12)16/h2-7,17H,8H2,1H3,(H,18,20). The molecule has 2 N–H and O–H groups in total. The van der Waals surface area contributed by atoms with Crippen LogP contribution in [0.3, 0.4) is 0 Å². The number of para-hydroxylation sites is 1. The van der Waals surface area contributed by atoms with Gasteiger partial charge in [-0.15, -0.1) is 0 Å². The molecule has 1 amide bonds. The number of benzene rings is 1. The number of ether oxygens (including phenoxy) is 1. The third-order valence-electron chi connectivity index (χ3n) is 2.79. The lowest BCUT2D eigenvalue weighted by Crippen LogP contribution is -2.21. The number of hydrogen-bond donors (Lipinski definition) is 2. The molecule has 2 rings (SSSR count). The van der Waals surface area contributed by atoms with Crippen LogP contribution in [0.4, 0.5) is 10.1 Å². The number of anilines is 1. The van der Waals surface area contributed by atoms with Crippen molar-refractivity contribution >= 4 is 23.3 Å². The predicted molar refractivity (Wildman–Crippen MR) is 76.1 cm³/mol. The minimum atomic E-state index is -0.781. The van der Waals surface area contributed by atoms with Gasteiger partial charge in [0.1, 0.15) is 11.5 Å². The number of aromatic amines is 1. The fraction of sp³-hybridized carbons (Fsp3) is 0.133. The molecule has 22 heavy (non-hydrogen) atoms. The van der Waals surface area contributed by atoms with E-state index in [4.69, 9.17) is 4.74 Å². The number of H-pyrrole nitrogens is 1. The van der Waals surface area contributed by atoms with Gasteiger partial charge in [-0.3, -0.25) is 9.59 Å². The maximum atomic E-state index is 13.3. The molecular weight excluding hydrogens is 291 g/mol. The molecule has 1 aromatic heterocycles. The van der Waals surface area contributed by atoms with Gasteiger partial charge in [-0.2, -0.15) is 0 Å². The Balaban J connectivity index is 1.89. The summed E-state index contributed by atoms with van der Waals surface area (Å²) in [6, 6.07) is 6.97. The van der Waals surface area contributed by atoms with Crippen molar-refractivity contribution in [3.63, 3.8) is 0 Å². The smallest absolute Gasteiger partial charge is 0.355 e. The first-order valence-corrected chi connectivity index (χ1v) is 6.38. The highest BCUT2D eigenvalue weighted by Crippen LogP contribution is 2.12. The second kappa shape index (κ2) is 6.66. The van der Waals surface area contributed by atoms with Crippen molar-refractivity contribution in [1.82, 2.24) is 4.98 Å². The van der Waals surface area contributed by atoms with Crippen LogP contribution < -0.4 is 5.32 Å². The summed E-state index contributed by atoms with van der Waals surface area (Å²) in [5, 5.41) is 2.28. The zero-order valence-electron chi connectivity index (χ0n) is 11.7. The lowest BCUT2D eigenvalue weighted by Gasteiger charge is -2.06. The summed E-state index contributed by atoms with van der Waals surface area (Å²) < 4.78 is 18.1. The predicted octanol–water partition coefficient (Wildman–Crippen LogP) is 2.15. The van der Waals surface area contributed by atoms with Crippen LogP contribution in [0.2, 0.25) is 0 Å². The monoisotopic (exact) mass is 304 g/mol. The first kappa shape index (κ1) is 15.4. The summed E-state index contributed by atoms with van der Waals surface area (Å²) in [7, 11) is 0. The number of amides is 1. The number of carbonyl (C=O) groups is 3. The molecule has 0 bridgehead atoms. The van der Waals surface area contributed by atoms with E-state index in [0.29, 0.717) is 5.56 Å². The van der Waals surface area contributed by atoms with Gasteiger partial charge in [0.2, 0.25) is 0 Å². The number of halogens is 1. The molecule has 0 saturated carbocycles. The summed E-state index contributed by atoms with van der Waals surface area (Å²) >= 11 is 0. The second-order valence-corrected chi connectivity index (χ2v) is 4.46. The van der Waals surface area contributed by atoms with Gasteiger partial charge in [0.15, 0.2) is 12.4 Å².